The SMILES string of the molecule is COc1ccccc1[C@@H]1NCCc2cc(O)c(O)cc21. The van der Waals surface area contributed by atoms with Gasteiger partial charge in [-0.1, -0.05) is 18.2 Å². The average Bonchev–Trinajstić information content (AvgIpc) is 2.48. The third-order valence-electron chi connectivity index (χ3n) is 3.74. The molecule has 0 spiro atoms. The first-order valence-corrected chi connectivity index (χ1v) is 6.61. The maximum absolute atomic E-state index is 9.76. The van der Waals surface area contributed by atoms with Crippen molar-refractivity contribution in [2.75, 3.05) is 13.7 Å². The van der Waals surface area contributed by atoms with Crippen LogP contribution >= 0.6 is 0 Å². The fourth-order valence-corrected chi connectivity index (χ4v) is 2.77. The highest BCUT2D eigenvalue weighted by Crippen LogP contribution is 2.38. The van der Waals surface area contributed by atoms with E-state index in [1.54, 1.807) is 19.2 Å². The van der Waals surface area contributed by atoms with Crippen LogP contribution in [0.3, 0.4) is 0 Å². The van der Waals surface area contributed by atoms with Gasteiger partial charge in [0.25, 0.3) is 0 Å². The molecule has 0 saturated heterocycles. The van der Waals surface area contributed by atoms with Crippen molar-refractivity contribution in [3.05, 3.63) is 53.1 Å². The fraction of sp³-hybridized carbons (Fsp3) is 0.250. The molecule has 1 atom stereocenters. The van der Waals surface area contributed by atoms with E-state index in [0.29, 0.717) is 0 Å². The second-order valence-electron chi connectivity index (χ2n) is 4.92. The number of phenolic OH excluding ortho intramolecular Hbond substituents is 2. The number of para-hydroxylation sites is 1. The van der Waals surface area contributed by atoms with Crippen LogP contribution in [0.5, 0.6) is 17.2 Å². The third kappa shape index (κ3) is 2.08. The third-order valence-corrected chi connectivity index (χ3v) is 3.74. The Hall–Kier alpha value is -2.20. The van der Waals surface area contributed by atoms with E-state index in [1.807, 2.05) is 24.3 Å². The van der Waals surface area contributed by atoms with E-state index in [0.717, 1.165) is 35.4 Å². The Kier molecular flexibility index (Phi) is 3.24. The number of ether oxygens (including phenoxy) is 1. The highest BCUT2D eigenvalue weighted by Gasteiger charge is 2.25. The van der Waals surface area contributed by atoms with Crippen LogP contribution in [0, 0.1) is 0 Å². The Bertz CT molecular complexity index is 640. The first kappa shape index (κ1) is 12.8. The van der Waals surface area contributed by atoms with Gasteiger partial charge >= 0.3 is 0 Å². The molecule has 4 nitrogen and oxygen atoms in total. The molecule has 0 aliphatic carbocycles. The Balaban J connectivity index is 2.12. The molecule has 3 N–H and O–H groups in total. The minimum absolute atomic E-state index is 0.0404. The van der Waals surface area contributed by atoms with E-state index < -0.39 is 0 Å². The van der Waals surface area contributed by atoms with Gasteiger partial charge in [0.2, 0.25) is 0 Å². The second kappa shape index (κ2) is 5.06. The molecule has 3 rings (SSSR count). The van der Waals surface area contributed by atoms with E-state index in [2.05, 4.69) is 5.32 Å². The Morgan fingerprint density at radius 2 is 1.85 bits per heavy atom. The Labute approximate surface area is 117 Å². The summed E-state index contributed by atoms with van der Waals surface area (Å²) < 4.78 is 5.42. The molecule has 0 amide bonds. The van der Waals surface area contributed by atoms with Crippen molar-refractivity contribution in [2.24, 2.45) is 0 Å². The molecule has 0 saturated carbocycles. The average molecular weight is 271 g/mol. The maximum atomic E-state index is 9.76. The second-order valence-corrected chi connectivity index (χ2v) is 4.92. The highest BCUT2D eigenvalue weighted by molar-refractivity contribution is 5.52. The van der Waals surface area contributed by atoms with Crippen LogP contribution in [-0.4, -0.2) is 23.9 Å². The molecule has 0 radical (unpaired) electrons. The number of nitrogens with one attached hydrogen (secondary N) is 1. The zero-order valence-corrected chi connectivity index (χ0v) is 11.3. The number of rotatable bonds is 2. The molecule has 0 fully saturated rings. The standard InChI is InChI=1S/C16H17NO3/c1-20-15-5-3-2-4-11(15)16-12-9-14(19)13(18)8-10(12)6-7-17-16/h2-5,8-9,16-19H,6-7H2,1H3/t16-/m0/s1. The lowest BCUT2D eigenvalue weighted by Crippen LogP contribution is -2.30. The monoisotopic (exact) mass is 271 g/mol. The summed E-state index contributed by atoms with van der Waals surface area (Å²) in [6.45, 7) is 0.819. The first-order chi connectivity index (χ1) is 9.70. The topological polar surface area (TPSA) is 61.7 Å². The van der Waals surface area contributed by atoms with E-state index in [1.165, 1.54) is 0 Å². The number of phenols is 2. The molecular formula is C16H17NO3. The largest absolute Gasteiger partial charge is 0.504 e. The quantitative estimate of drug-likeness (QED) is 0.734. The van der Waals surface area contributed by atoms with Crippen molar-refractivity contribution in [1.29, 1.82) is 0 Å². The molecular weight excluding hydrogens is 254 g/mol. The molecule has 20 heavy (non-hydrogen) atoms. The number of fused-ring (bicyclic) bond motifs is 1. The molecule has 104 valence electrons. The van der Waals surface area contributed by atoms with Crippen LogP contribution in [0.4, 0.5) is 0 Å². The minimum atomic E-state index is -0.0904. The highest BCUT2D eigenvalue weighted by atomic mass is 16.5. The van der Waals surface area contributed by atoms with E-state index >= 15 is 0 Å². The van der Waals surface area contributed by atoms with Gasteiger partial charge in [0.1, 0.15) is 5.75 Å². The Morgan fingerprint density at radius 3 is 2.65 bits per heavy atom. The summed E-state index contributed by atoms with van der Waals surface area (Å²) in [7, 11) is 1.65. The predicted octanol–water partition coefficient (Wildman–Crippen LogP) is 2.34. The van der Waals surface area contributed by atoms with Gasteiger partial charge < -0.3 is 20.3 Å². The van der Waals surface area contributed by atoms with E-state index in [4.69, 9.17) is 4.74 Å². The summed E-state index contributed by atoms with van der Waals surface area (Å²) >= 11 is 0. The molecule has 4 heteroatoms. The fourth-order valence-electron chi connectivity index (χ4n) is 2.77. The van der Waals surface area contributed by atoms with Gasteiger partial charge in [-0.2, -0.15) is 0 Å². The number of aromatic hydroxyl groups is 2. The van der Waals surface area contributed by atoms with Crippen LogP contribution in [0.25, 0.3) is 0 Å². The molecule has 2 aromatic rings. The molecule has 2 aromatic carbocycles. The minimum Gasteiger partial charge on any atom is -0.504 e. The molecule has 1 aliphatic heterocycles. The summed E-state index contributed by atoms with van der Waals surface area (Å²) in [5, 5.41) is 22.8. The Morgan fingerprint density at radius 1 is 1.10 bits per heavy atom. The van der Waals surface area contributed by atoms with Crippen LogP contribution in [0.1, 0.15) is 22.7 Å². The molecule has 0 aromatic heterocycles. The van der Waals surface area contributed by atoms with Gasteiger partial charge in [-0.05, 0) is 35.7 Å². The van der Waals surface area contributed by atoms with Gasteiger partial charge in [-0.15, -0.1) is 0 Å². The van der Waals surface area contributed by atoms with Crippen molar-refractivity contribution in [3.8, 4) is 17.2 Å². The lowest BCUT2D eigenvalue weighted by atomic mass is 9.89. The van der Waals surface area contributed by atoms with Crippen LogP contribution in [0.15, 0.2) is 36.4 Å². The van der Waals surface area contributed by atoms with Crippen molar-refractivity contribution in [2.45, 2.75) is 12.5 Å². The number of benzene rings is 2. The number of hydrogen-bond acceptors (Lipinski definition) is 4. The zero-order chi connectivity index (χ0) is 14.1. The summed E-state index contributed by atoms with van der Waals surface area (Å²) in [5.74, 6) is 0.655. The smallest absolute Gasteiger partial charge is 0.157 e. The van der Waals surface area contributed by atoms with Crippen molar-refractivity contribution >= 4 is 0 Å². The van der Waals surface area contributed by atoms with Crippen LogP contribution < -0.4 is 10.1 Å². The molecule has 1 aliphatic rings. The van der Waals surface area contributed by atoms with Gasteiger partial charge in [0.05, 0.1) is 13.2 Å². The lowest BCUT2D eigenvalue weighted by Gasteiger charge is -2.28. The summed E-state index contributed by atoms with van der Waals surface area (Å²) in [6, 6.07) is 11.1. The predicted molar refractivity (Wildman–Crippen MR) is 76.3 cm³/mol. The molecule has 0 bridgehead atoms. The number of hydrogen-bond donors (Lipinski definition) is 3. The zero-order valence-electron chi connectivity index (χ0n) is 11.3. The molecule has 0 unspecified atom stereocenters. The summed E-state index contributed by atoms with van der Waals surface area (Å²) in [6.07, 6.45) is 0.828. The van der Waals surface area contributed by atoms with Crippen molar-refractivity contribution < 1.29 is 14.9 Å². The van der Waals surface area contributed by atoms with Crippen LogP contribution in [-0.2, 0) is 6.42 Å². The van der Waals surface area contributed by atoms with Gasteiger partial charge in [0, 0.05) is 12.1 Å². The first-order valence-electron chi connectivity index (χ1n) is 6.61. The summed E-state index contributed by atoms with van der Waals surface area (Å²) in [4.78, 5) is 0. The number of methoxy groups -OCH3 is 1. The lowest BCUT2D eigenvalue weighted by molar-refractivity contribution is 0.395. The van der Waals surface area contributed by atoms with Gasteiger partial charge in [-0.25, -0.2) is 0 Å². The van der Waals surface area contributed by atoms with Gasteiger partial charge in [-0.3, -0.25) is 0 Å². The molecule has 1 heterocycles. The van der Waals surface area contributed by atoms with Crippen LogP contribution in [0.2, 0.25) is 0 Å². The maximum Gasteiger partial charge on any atom is 0.157 e. The van der Waals surface area contributed by atoms with E-state index in [-0.39, 0.29) is 17.5 Å². The normalized spacial score (nSPS) is 17.6. The van der Waals surface area contributed by atoms with Gasteiger partial charge in [0.15, 0.2) is 11.5 Å². The van der Waals surface area contributed by atoms with E-state index in [9.17, 15) is 10.2 Å². The summed E-state index contributed by atoms with van der Waals surface area (Å²) in [5.41, 5.74) is 3.06. The van der Waals surface area contributed by atoms with Crippen molar-refractivity contribution in [3.63, 3.8) is 0 Å². The van der Waals surface area contributed by atoms with Crippen molar-refractivity contribution in [1.82, 2.24) is 5.32 Å².